The van der Waals surface area contributed by atoms with Gasteiger partial charge in [-0.1, -0.05) is 37.3 Å². The Morgan fingerprint density at radius 2 is 1.90 bits per heavy atom. The van der Waals surface area contributed by atoms with Crippen LogP contribution in [-0.4, -0.2) is 28.5 Å². The maximum absolute atomic E-state index is 12.8. The number of anilines is 1. The lowest BCUT2D eigenvalue weighted by Gasteiger charge is -2.15. The first kappa shape index (κ1) is 20.6. The molecule has 2 aromatic carbocycles. The zero-order valence-electron chi connectivity index (χ0n) is 17.5. The van der Waals surface area contributed by atoms with Crippen molar-refractivity contribution >= 4 is 11.6 Å². The van der Waals surface area contributed by atoms with Crippen molar-refractivity contribution in [3.05, 3.63) is 82.9 Å². The highest BCUT2D eigenvalue weighted by Crippen LogP contribution is 2.22. The van der Waals surface area contributed by atoms with Crippen molar-refractivity contribution in [2.75, 3.05) is 18.4 Å². The molecule has 0 aliphatic carbocycles. The second-order valence-electron chi connectivity index (χ2n) is 7.16. The molecule has 0 radical (unpaired) electrons. The number of hydrogen-bond acceptors (Lipinski definition) is 3. The van der Waals surface area contributed by atoms with Gasteiger partial charge in [0, 0.05) is 49.7 Å². The maximum atomic E-state index is 12.8. The van der Waals surface area contributed by atoms with Crippen LogP contribution in [0, 0.1) is 6.92 Å². The summed E-state index contributed by atoms with van der Waals surface area (Å²) in [5.41, 5.74) is 5.17. The Balaban J connectivity index is 1.64. The van der Waals surface area contributed by atoms with E-state index in [-0.39, 0.29) is 5.91 Å². The third-order valence-corrected chi connectivity index (χ3v) is 5.12. The molecule has 0 saturated carbocycles. The Morgan fingerprint density at radius 1 is 1.10 bits per heavy atom. The molecule has 3 aromatic rings. The number of carbonyl (C=O) groups is 1. The number of aromatic nitrogens is 2. The number of benzene rings is 2. The van der Waals surface area contributed by atoms with Crippen molar-refractivity contribution < 1.29 is 4.79 Å². The number of nitrogens with zero attached hydrogens (tertiary/aromatic N) is 2. The van der Waals surface area contributed by atoms with Crippen LogP contribution in [0.2, 0.25) is 0 Å². The number of aryl methyl sites for hydroxylation is 1. The summed E-state index contributed by atoms with van der Waals surface area (Å²) in [5.74, 6) is 0.944. The van der Waals surface area contributed by atoms with Crippen molar-refractivity contribution in [1.82, 2.24) is 14.9 Å². The van der Waals surface area contributed by atoms with Gasteiger partial charge >= 0.3 is 0 Å². The van der Waals surface area contributed by atoms with Crippen molar-refractivity contribution in [2.45, 2.75) is 40.2 Å². The minimum absolute atomic E-state index is 0.0295. The summed E-state index contributed by atoms with van der Waals surface area (Å²) in [6.07, 6.45) is 5.40. The molecule has 3 rings (SSSR count). The van der Waals surface area contributed by atoms with Crippen molar-refractivity contribution in [2.24, 2.45) is 0 Å². The van der Waals surface area contributed by atoms with Crippen LogP contribution < -0.4 is 10.6 Å². The molecule has 152 valence electrons. The molecule has 0 unspecified atom stereocenters. The molecule has 2 N–H and O–H groups in total. The molecule has 1 heterocycles. The molecular weight excluding hydrogens is 360 g/mol. The summed E-state index contributed by atoms with van der Waals surface area (Å²) < 4.78 is 2.13. The van der Waals surface area contributed by atoms with E-state index in [2.05, 4.69) is 52.2 Å². The minimum atomic E-state index is -0.0295. The van der Waals surface area contributed by atoms with E-state index in [9.17, 15) is 4.79 Å². The number of imidazole rings is 1. The Bertz CT molecular complexity index is 947. The number of hydrogen-bond donors (Lipinski definition) is 2. The lowest BCUT2D eigenvalue weighted by molar-refractivity contribution is 0.0953. The second kappa shape index (κ2) is 9.92. The summed E-state index contributed by atoms with van der Waals surface area (Å²) in [6, 6.07) is 14.5. The van der Waals surface area contributed by atoms with Gasteiger partial charge in [0.1, 0.15) is 5.82 Å². The predicted molar refractivity (Wildman–Crippen MR) is 119 cm³/mol. The highest BCUT2D eigenvalue weighted by molar-refractivity contribution is 5.97. The Labute approximate surface area is 173 Å². The summed E-state index contributed by atoms with van der Waals surface area (Å²) >= 11 is 0. The molecule has 0 aliphatic heterocycles. The zero-order valence-corrected chi connectivity index (χ0v) is 17.5. The van der Waals surface area contributed by atoms with Gasteiger partial charge in [-0.2, -0.15) is 0 Å². The fourth-order valence-electron chi connectivity index (χ4n) is 3.46. The SMILES string of the molecule is CCNc1cc(CC)cc(C(=O)NCCc2nccn2Cc2ccccc2)c1C. The fraction of sp³-hybridized carbons (Fsp3) is 0.333. The first-order chi connectivity index (χ1) is 14.1. The van der Waals surface area contributed by atoms with Crippen LogP contribution in [0.3, 0.4) is 0 Å². The van der Waals surface area contributed by atoms with E-state index in [4.69, 9.17) is 0 Å². The second-order valence-corrected chi connectivity index (χ2v) is 7.16. The third-order valence-electron chi connectivity index (χ3n) is 5.12. The molecule has 0 bridgehead atoms. The van der Waals surface area contributed by atoms with E-state index in [0.717, 1.165) is 47.7 Å². The predicted octanol–water partition coefficient (Wildman–Crippen LogP) is 4.21. The van der Waals surface area contributed by atoms with Gasteiger partial charge in [-0.3, -0.25) is 4.79 Å². The van der Waals surface area contributed by atoms with Crippen LogP contribution in [0.5, 0.6) is 0 Å². The molecule has 0 aliphatic rings. The number of carbonyl (C=O) groups excluding carboxylic acids is 1. The molecular formula is C24H30N4O. The van der Waals surface area contributed by atoms with Crippen LogP contribution in [-0.2, 0) is 19.4 Å². The van der Waals surface area contributed by atoms with Gasteiger partial charge in [-0.15, -0.1) is 0 Å². The van der Waals surface area contributed by atoms with Gasteiger partial charge in [-0.05, 0) is 49.1 Å². The maximum Gasteiger partial charge on any atom is 0.251 e. The van der Waals surface area contributed by atoms with Crippen LogP contribution in [0.25, 0.3) is 0 Å². The van der Waals surface area contributed by atoms with Gasteiger partial charge in [0.05, 0.1) is 0 Å². The van der Waals surface area contributed by atoms with E-state index in [0.29, 0.717) is 13.0 Å². The van der Waals surface area contributed by atoms with E-state index in [1.165, 1.54) is 5.56 Å². The fourth-order valence-corrected chi connectivity index (χ4v) is 3.46. The van der Waals surface area contributed by atoms with E-state index in [1.807, 2.05) is 43.6 Å². The molecule has 29 heavy (non-hydrogen) atoms. The van der Waals surface area contributed by atoms with E-state index < -0.39 is 0 Å². The number of nitrogens with one attached hydrogen (secondary N) is 2. The van der Waals surface area contributed by atoms with Gasteiger partial charge in [-0.25, -0.2) is 4.98 Å². The van der Waals surface area contributed by atoms with Crippen LogP contribution in [0.15, 0.2) is 54.9 Å². The van der Waals surface area contributed by atoms with E-state index in [1.54, 1.807) is 0 Å². The van der Waals surface area contributed by atoms with Crippen LogP contribution >= 0.6 is 0 Å². The summed E-state index contributed by atoms with van der Waals surface area (Å²) in [6.45, 7) is 8.34. The standard InChI is InChI=1S/C24H30N4O/c1-4-19-15-21(18(3)22(16-19)25-5-2)24(29)27-12-11-23-26-13-14-28(23)17-20-9-7-6-8-10-20/h6-10,13-16,25H,4-5,11-12,17H2,1-3H3,(H,27,29). The Kier molecular flexibility index (Phi) is 7.06. The van der Waals surface area contributed by atoms with Crippen LogP contribution in [0.1, 0.15) is 46.7 Å². The van der Waals surface area contributed by atoms with Crippen LogP contribution in [0.4, 0.5) is 5.69 Å². The molecule has 0 spiro atoms. The normalized spacial score (nSPS) is 10.7. The van der Waals surface area contributed by atoms with Crippen molar-refractivity contribution in [3.63, 3.8) is 0 Å². The molecule has 5 heteroatoms. The Morgan fingerprint density at radius 3 is 2.62 bits per heavy atom. The first-order valence-electron chi connectivity index (χ1n) is 10.3. The first-order valence-corrected chi connectivity index (χ1v) is 10.3. The lowest BCUT2D eigenvalue weighted by atomic mass is 10.0. The average molecular weight is 391 g/mol. The largest absolute Gasteiger partial charge is 0.385 e. The van der Waals surface area contributed by atoms with E-state index >= 15 is 0 Å². The summed E-state index contributed by atoms with van der Waals surface area (Å²) in [4.78, 5) is 17.3. The number of rotatable bonds is 9. The topological polar surface area (TPSA) is 59.0 Å². The third kappa shape index (κ3) is 5.25. The molecule has 0 saturated heterocycles. The zero-order chi connectivity index (χ0) is 20.6. The minimum Gasteiger partial charge on any atom is -0.385 e. The van der Waals surface area contributed by atoms with Gasteiger partial charge in [0.25, 0.3) is 5.91 Å². The average Bonchev–Trinajstić information content (AvgIpc) is 3.17. The van der Waals surface area contributed by atoms with Gasteiger partial charge in [0.15, 0.2) is 0 Å². The Hall–Kier alpha value is -3.08. The van der Waals surface area contributed by atoms with Crippen molar-refractivity contribution in [3.8, 4) is 0 Å². The molecule has 5 nitrogen and oxygen atoms in total. The summed E-state index contributed by atoms with van der Waals surface area (Å²) in [7, 11) is 0. The highest BCUT2D eigenvalue weighted by Gasteiger charge is 2.14. The molecule has 1 amide bonds. The molecule has 1 aromatic heterocycles. The smallest absolute Gasteiger partial charge is 0.251 e. The van der Waals surface area contributed by atoms with Gasteiger partial charge in [0.2, 0.25) is 0 Å². The monoisotopic (exact) mass is 390 g/mol. The highest BCUT2D eigenvalue weighted by atomic mass is 16.1. The molecule has 0 fully saturated rings. The quantitative estimate of drug-likeness (QED) is 0.575. The summed E-state index contributed by atoms with van der Waals surface area (Å²) in [5, 5.41) is 6.43. The lowest BCUT2D eigenvalue weighted by Crippen LogP contribution is -2.27. The molecule has 0 atom stereocenters. The van der Waals surface area contributed by atoms with Crippen molar-refractivity contribution in [1.29, 1.82) is 0 Å². The number of amides is 1. The van der Waals surface area contributed by atoms with Gasteiger partial charge < -0.3 is 15.2 Å².